The average Bonchev–Trinajstić information content (AvgIpc) is 2.86. The molecule has 0 saturated carbocycles. The van der Waals surface area contributed by atoms with Gasteiger partial charge in [-0.2, -0.15) is 8.42 Å². The first-order valence-electron chi connectivity index (χ1n) is 9.07. The maximum atomic E-state index is 12.6. The molecule has 2 aliphatic heterocycles. The summed E-state index contributed by atoms with van der Waals surface area (Å²) in [6, 6.07) is 4.41. The van der Waals surface area contributed by atoms with Gasteiger partial charge in [0.1, 0.15) is 10.7 Å². The molecule has 3 rings (SSSR count). The van der Waals surface area contributed by atoms with Crippen LogP contribution in [0.4, 0.5) is 5.69 Å². The van der Waals surface area contributed by atoms with Crippen LogP contribution >= 0.6 is 0 Å². The zero-order valence-electron chi connectivity index (χ0n) is 15.4. The van der Waals surface area contributed by atoms with Crippen LogP contribution in [-0.2, 0) is 19.6 Å². The van der Waals surface area contributed by atoms with Gasteiger partial charge in [-0.05, 0) is 44.9 Å². The van der Waals surface area contributed by atoms with Gasteiger partial charge in [0.15, 0.2) is 6.10 Å². The quantitative estimate of drug-likeness (QED) is 0.783. The van der Waals surface area contributed by atoms with Gasteiger partial charge in [0.25, 0.3) is 15.9 Å². The number of likely N-dealkylation sites (N-methyl/N-ethyl adjacent to an activating group) is 1. The maximum Gasteiger partial charge on any atom is 0.338 e. The fourth-order valence-electron chi connectivity index (χ4n) is 3.21. The predicted octanol–water partition coefficient (Wildman–Crippen LogP) is 1.85. The molecular weight excluding hydrogens is 370 g/mol. The number of ether oxygens (including phenoxy) is 1. The van der Waals surface area contributed by atoms with Crippen LogP contribution in [0.1, 0.15) is 49.9 Å². The van der Waals surface area contributed by atoms with E-state index in [2.05, 4.69) is 9.71 Å². The molecule has 8 nitrogen and oxygen atoms in total. The third-order valence-electron chi connectivity index (χ3n) is 4.59. The van der Waals surface area contributed by atoms with E-state index < -0.39 is 28.0 Å². The van der Waals surface area contributed by atoms with Crippen molar-refractivity contribution in [3.63, 3.8) is 0 Å². The highest BCUT2D eigenvalue weighted by Crippen LogP contribution is 2.35. The monoisotopic (exact) mass is 393 g/mol. The first-order valence-corrected chi connectivity index (χ1v) is 10.5. The molecule has 146 valence electrons. The third kappa shape index (κ3) is 3.97. The Morgan fingerprint density at radius 3 is 2.81 bits per heavy atom. The highest BCUT2D eigenvalue weighted by molar-refractivity contribution is 7.90. The van der Waals surface area contributed by atoms with Crippen molar-refractivity contribution >= 4 is 33.4 Å². The number of carbonyl (C=O) groups is 2. The molecule has 1 amide bonds. The van der Waals surface area contributed by atoms with Crippen molar-refractivity contribution in [2.45, 2.75) is 50.5 Å². The molecule has 0 radical (unpaired) electrons. The highest BCUT2D eigenvalue weighted by atomic mass is 32.2. The van der Waals surface area contributed by atoms with Crippen molar-refractivity contribution in [2.75, 3.05) is 18.0 Å². The number of rotatable bonds is 4. The van der Waals surface area contributed by atoms with E-state index in [4.69, 9.17) is 4.74 Å². The van der Waals surface area contributed by atoms with Gasteiger partial charge in [0.05, 0.1) is 11.3 Å². The second-order valence-corrected chi connectivity index (χ2v) is 8.14. The predicted molar refractivity (Wildman–Crippen MR) is 100 cm³/mol. The molecule has 0 spiro atoms. The molecular formula is C18H23N3O5S. The summed E-state index contributed by atoms with van der Waals surface area (Å²) in [5.41, 5.74) is 0.608. The standard InChI is InChI=1S/C18H23N3O5S/c1-3-19-17(22)12(2)26-18(23)13-8-9-14-15(11-13)27(24,25)20-16-7-5-4-6-10-21(14)16/h8-9,11-12H,3-7,10H2,1-2H3,(H,19,22)/t12-/m0/s1. The van der Waals surface area contributed by atoms with Gasteiger partial charge >= 0.3 is 5.97 Å². The largest absolute Gasteiger partial charge is 0.449 e. The lowest BCUT2D eigenvalue weighted by atomic mass is 10.1. The van der Waals surface area contributed by atoms with Gasteiger partial charge in [-0.3, -0.25) is 4.79 Å². The Hall–Kier alpha value is -2.42. The molecule has 1 fully saturated rings. The fraction of sp³-hybridized carbons (Fsp3) is 0.500. The van der Waals surface area contributed by atoms with Crippen LogP contribution < -0.4 is 10.2 Å². The number of anilines is 1. The minimum atomic E-state index is -3.88. The molecule has 2 heterocycles. The highest BCUT2D eigenvalue weighted by Gasteiger charge is 2.32. The van der Waals surface area contributed by atoms with E-state index in [9.17, 15) is 18.0 Å². The van der Waals surface area contributed by atoms with Gasteiger partial charge in [-0.1, -0.05) is 6.42 Å². The van der Waals surface area contributed by atoms with E-state index in [0.717, 1.165) is 19.3 Å². The van der Waals surface area contributed by atoms with Gasteiger partial charge in [0.2, 0.25) is 0 Å². The number of nitrogens with one attached hydrogen (secondary N) is 1. The number of amides is 1. The van der Waals surface area contributed by atoms with Gasteiger partial charge in [0, 0.05) is 19.5 Å². The van der Waals surface area contributed by atoms with Crippen molar-refractivity contribution in [1.29, 1.82) is 0 Å². The summed E-state index contributed by atoms with van der Waals surface area (Å²) in [5.74, 6) is -0.604. The summed E-state index contributed by atoms with van der Waals surface area (Å²) in [4.78, 5) is 26.0. The molecule has 27 heavy (non-hydrogen) atoms. The molecule has 2 aliphatic rings. The van der Waals surface area contributed by atoms with Crippen molar-refractivity contribution in [1.82, 2.24) is 5.32 Å². The van der Waals surface area contributed by atoms with Crippen molar-refractivity contribution in [3.05, 3.63) is 23.8 Å². The molecule has 1 saturated heterocycles. The minimum absolute atomic E-state index is 0.00624. The van der Waals surface area contributed by atoms with Crippen LogP contribution in [0, 0.1) is 0 Å². The Labute approximate surface area is 158 Å². The van der Waals surface area contributed by atoms with Gasteiger partial charge in [-0.25, -0.2) is 4.79 Å². The molecule has 9 heteroatoms. The molecule has 0 aliphatic carbocycles. The van der Waals surface area contributed by atoms with Crippen molar-refractivity contribution in [3.8, 4) is 0 Å². The van der Waals surface area contributed by atoms with Crippen LogP contribution in [0.2, 0.25) is 0 Å². The topological polar surface area (TPSA) is 105 Å². The number of esters is 1. The van der Waals surface area contributed by atoms with Crippen LogP contribution in [0.5, 0.6) is 0 Å². The first-order chi connectivity index (χ1) is 12.8. The third-order valence-corrected chi connectivity index (χ3v) is 5.92. The molecule has 0 unspecified atom stereocenters. The molecule has 1 N–H and O–H groups in total. The van der Waals surface area contributed by atoms with E-state index in [1.54, 1.807) is 13.0 Å². The second kappa shape index (κ2) is 7.67. The number of hydrogen-bond donors (Lipinski definition) is 1. The minimum Gasteiger partial charge on any atom is -0.449 e. The number of amidine groups is 1. The Morgan fingerprint density at radius 2 is 2.07 bits per heavy atom. The Kier molecular flexibility index (Phi) is 5.50. The van der Waals surface area contributed by atoms with E-state index in [1.807, 2.05) is 4.90 Å². The number of benzene rings is 1. The second-order valence-electron chi connectivity index (χ2n) is 6.57. The number of hydrogen-bond acceptors (Lipinski definition) is 6. The number of carbonyl (C=O) groups excluding carboxylic acids is 2. The zero-order chi connectivity index (χ0) is 19.6. The fourth-order valence-corrected chi connectivity index (χ4v) is 4.49. The molecule has 0 bridgehead atoms. The summed E-state index contributed by atoms with van der Waals surface area (Å²) in [5, 5.41) is 2.57. The first kappa shape index (κ1) is 19.3. The molecule has 1 aromatic rings. The Bertz CT molecular complexity index is 894. The molecule has 0 aromatic heterocycles. The van der Waals surface area contributed by atoms with Crippen LogP contribution in [0.15, 0.2) is 27.5 Å². The normalized spacial score (nSPS) is 19.0. The average molecular weight is 393 g/mol. The number of fused-ring (bicyclic) bond motifs is 3. The van der Waals surface area contributed by atoms with Crippen LogP contribution in [0.25, 0.3) is 0 Å². The summed E-state index contributed by atoms with van der Waals surface area (Å²) in [7, 11) is -3.88. The SMILES string of the molecule is CCNC(=O)[C@H](C)OC(=O)c1ccc2c(c1)S(=O)(=O)N=C1CCCCCN12. The van der Waals surface area contributed by atoms with E-state index in [-0.39, 0.29) is 10.5 Å². The summed E-state index contributed by atoms with van der Waals surface area (Å²) >= 11 is 0. The lowest BCUT2D eigenvalue weighted by Crippen LogP contribution is -2.36. The summed E-state index contributed by atoms with van der Waals surface area (Å²) < 4.78 is 34.3. The Morgan fingerprint density at radius 1 is 1.30 bits per heavy atom. The van der Waals surface area contributed by atoms with Gasteiger partial charge in [-0.15, -0.1) is 4.40 Å². The smallest absolute Gasteiger partial charge is 0.338 e. The summed E-state index contributed by atoms with van der Waals surface area (Å²) in [6.07, 6.45) is 2.52. The maximum absolute atomic E-state index is 12.6. The lowest BCUT2D eigenvalue weighted by molar-refractivity contribution is -0.128. The number of nitrogens with zero attached hydrogens (tertiary/aromatic N) is 2. The summed E-state index contributed by atoms with van der Waals surface area (Å²) in [6.45, 7) is 4.34. The zero-order valence-corrected chi connectivity index (χ0v) is 16.2. The Balaban J connectivity index is 1.89. The van der Waals surface area contributed by atoms with E-state index in [1.165, 1.54) is 19.1 Å². The van der Waals surface area contributed by atoms with Crippen molar-refractivity contribution in [2.24, 2.45) is 4.40 Å². The number of sulfonamides is 1. The molecule has 1 aromatic carbocycles. The lowest BCUT2D eigenvalue weighted by Gasteiger charge is -2.29. The van der Waals surface area contributed by atoms with E-state index >= 15 is 0 Å². The van der Waals surface area contributed by atoms with Crippen LogP contribution in [-0.4, -0.2) is 45.3 Å². The van der Waals surface area contributed by atoms with Crippen LogP contribution in [0.3, 0.4) is 0 Å². The van der Waals surface area contributed by atoms with E-state index in [0.29, 0.717) is 31.0 Å². The molecule has 1 atom stereocenters. The van der Waals surface area contributed by atoms with Gasteiger partial charge < -0.3 is 15.0 Å². The van der Waals surface area contributed by atoms with Crippen molar-refractivity contribution < 1.29 is 22.7 Å².